The Morgan fingerprint density at radius 1 is 1.23 bits per heavy atom. The number of aryl methyl sites for hydroxylation is 2. The summed E-state index contributed by atoms with van der Waals surface area (Å²) in [5, 5.41) is 2.96. The molecule has 22 heavy (non-hydrogen) atoms. The molecule has 4 heteroatoms. The van der Waals surface area contributed by atoms with Crippen LogP contribution in [0, 0.1) is 6.92 Å². The van der Waals surface area contributed by atoms with Crippen LogP contribution in [0.25, 0.3) is 0 Å². The molecule has 2 aromatic rings. The van der Waals surface area contributed by atoms with Gasteiger partial charge in [-0.15, -0.1) is 0 Å². The lowest BCUT2D eigenvalue weighted by molar-refractivity contribution is -0.116. The summed E-state index contributed by atoms with van der Waals surface area (Å²) >= 11 is 0. The molecule has 1 unspecified atom stereocenters. The number of amides is 1. The standard InChI is InChI=1S/C18H20N2O2/c1-12-9-13-7-8-17(21)20-18(13)15(10-12)16(19)11-22-14-5-3-2-4-6-14/h2-6,9-10,16H,7-8,11,19H2,1H3,(H,20,21). The zero-order valence-electron chi connectivity index (χ0n) is 12.6. The zero-order chi connectivity index (χ0) is 15.5. The van der Waals surface area contributed by atoms with E-state index >= 15 is 0 Å². The van der Waals surface area contributed by atoms with Gasteiger partial charge in [-0.3, -0.25) is 4.79 Å². The minimum atomic E-state index is -0.285. The normalized spacial score (nSPS) is 14.9. The molecule has 3 rings (SSSR count). The molecule has 1 amide bonds. The molecule has 1 aliphatic rings. The van der Waals surface area contributed by atoms with E-state index in [4.69, 9.17) is 10.5 Å². The number of ether oxygens (including phenoxy) is 1. The fraction of sp³-hybridized carbons (Fsp3) is 0.278. The Morgan fingerprint density at radius 3 is 2.77 bits per heavy atom. The lowest BCUT2D eigenvalue weighted by Crippen LogP contribution is -2.25. The number of nitrogens with one attached hydrogen (secondary N) is 1. The molecule has 0 spiro atoms. The fourth-order valence-electron chi connectivity index (χ4n) is 2.78. The second-order valence-corrected chi connectivity index (χ2v) is 5.67. The summed E-state index contributed by atoms with van der Waals surface area (Å²) in [7, 11) is 0. The number of benzene rings is 2. The first-order valence-electron chi connectivity index (χ1n) is 7.50. The molecule has 1 atom stereocenters. The molecule has 0 saturated carbocycles. The van der Waals surface area contributed by atoms with Crippen molar-refractivity contribution in [1.82, 2.24) is 0 Å². The van der Waals surface area contributed by atoms with Crippen LogP contribution in [0.5, 0.6) is 5.75 Å². The average molecular weight is 296 g/mol. The third-order valence-electron chi connectivity index (χ3n) is 3.85. The molecule has 1 aliphatic heterocycles. The predicted molar refractivity (Wildman–Crippen MR) is 87.0 cm³/mol. The smallest absolute Gasteiger partial charge is 0.224 e. The largest absolute Gasteiger partial charge is 0.492 e. The first kappa shape index (κ1) is 14.6. The number of carbonyl (C=O) groups is 1. The monoisotopic (exact) mass is 296 g/mol. The highest BCUT2D eigenvalue weighted by Gasteiger charge is 2.21. The first-order chi connectivity index (χ1) is 10.6. The van der Waals surface area contributed by atoms with Crippen molar-refractivity contribution < 1.29 is 9.53 Å². The highest BCUT2D eigenvalue weighted by molar-refractivity contribution is 5.95. The minimum absolute atomic E-state index is 0.0498. The molecular formula is C18H20N2O2. The van der Waals surface area contributed by atoms with Gasteiger partial charge in [-0.2, -0.15) is 0 Å². The highest BCUT2D eigenvalue weighted by atomic mass is 16.5. The van der Waals surface area contributed by atoms with Gasteiger partial charge in [0, 0.05) is 12.1 Å². The van der Waals surface area contributed by atoms with E-state index < -0.39 is 0 Å². The zero-order valence-corrected chi connectivity index (χ0v) is 12.6. The molecule has 4 nitrogen and oxygen atoms in total. The molecule has 2 aromatic carbocycles. The van der Waals surface area contributed by atoms with Gasteiger partial charge in [0.25, 0.3) is 0 Å². The van der Waals surface area contributed by atoms with Gasteiger partial charge in [0.05, 0.1) is 6.04 Å². The topological polar surface area (TPSA) is 64.3 Å². The lowest BCUT2D eigenvalue weighted by Gasteiger charge is -2.24. The molecule has 0 aliphatic carbocycles. The van der Waals surface area contributed by atoms with Crippen LogP contribution >= 0.6 is 0 Å². The van der Waals surface area contributed by atoms with Gasteiger partial charge in [-0.25, -0.2) is 0 Å². The van der Waals surface area contributed by atoms with Crippen molar-refractivity contribution in [2.75, 3.05) is 11.9 Å². The Bertz CT molecular complexity index is 683. The summed E-state index contributed by atoms with van der Waals surface area (Å²) in [5.74, 6) is 0.845. The van der Waals surface area contributed by atoms with E-state index in [1.165, 1.54) is 0 Å². The number of rotatable bonds is 4. The van der Waals surface area contributed by atoms with Gasteiger partial charge >= 0.3 is 0 Å². The molecule has 0 radical (unpaired) electrons. The Kier molecular flexibility index (Phi) is 4.11. The Morgan fingerprint density at radius 2 is 2.00 bits per heavy atom. The van der Waals surface area contributed by atoms with E-state index in [0.29, 0.717) is 13.0 Å². The second-order valence-electron chi connectivity index (χ2n) is 5.67. The number of nitrogens with two attached hydrogens (primary N) is 1. The van der Waals surface area contributed by atoms with Crippen LogP contribution in [0.2, 0.25) is 0 Å². The van der Waals surface area contributed by atoms with Crippen molar-refractivity contribution in [2.45, 2.75) is 25.8 Å². The number of anilines is 1. The highest BCUT2D eigenvalue weighted by Crippen LogP contribution is 2.31. The minimum Gasteiger partial charge on any atom is -0.492 e. The molecule has 0 saturated heterocycles. The molecule has 0 aromatic heterocycles. The van der Waals surface area contributed by atoms with Gasteiger partial charge < -0.3 is 15.8 Å². The molecule has 114 valence electrons. The summed E-state index contributed by atoms with van der Waals surface area (Å²) in [5.41, 5.74) is 10.4. The second kappa shape index (κ2) is 6.20. The maximum absolute atomic E-state index is 11.7. The van der Waals surface area contributed by atoms with Crippen LogP contribution < -0.4 is 15.8 Å². The van der Waals surface area contributed by atoms with Gasteiger partial charge in [0.15, 0.2) is 0 Å². The van der Waals surface area contributed by atoms with Crippen LogP contribution in [0.1, 0.15) is 29.2 Å². The van der Waals surface area contributed by atoms with E-state index in [0.717, 1.165) is 34.5 Å². The van der Waals surface area contributed by atoms with Crippen molar-refractivity contribution in [2.24, 2.45) is 5.73 Å². The number of carbonyl (C=O) groups excluding carboxylic acids is 1. The van der Waals surface area contributed by atoms with Crippen molar-refractivity contribution in [3.05, 3.63) is 59.2 Å². The van der Waals surface area contributed by atoms with E-state index in [9.17, 15) is 4.79 Å². The molecule has 0 bridgehead atoms. The average Bonchev–Trinajstić information content (AvgIpc) is 2.53. The quantitative estimate of drug-likeness (QED) is 0.911. The first-order valence-corrected chi connectivity index (χ1v) is 7.50. The third-order valence-corrected chi connectivity index (χ3v) is 3.85. The maximum atomic E-state index is 11.7. The number of hydrogen-bond donors (Lipinski definition) is 2. The Labute approximate surface area is 130 Å². The molecule has 3 N–H and O–H groups in total. The summed E-state index contributed by atoms with van der Waals surface area (Å²) < 4.78 is 5.74. The third kappa shape index (κ3) is 3.12. The van der Waals surface area contributed by atoms with Crippen LogP contribution in [-0.4, -0.2) is 12.5 Å². The van der Waals surface area contributed by atoms with Crippen molar-refractivity contribution in [3.8, 4) is 5.75 Å². The van der Waals surface area contributed by atoms with Crippen LogP contribution in [0.4, 0.5) is 5.69 Å². The SMILES string of the molecule is Cc1cc2c(c(C(N)COc3ccccc3)c1)NC(=O)CC2. The van der Waals surface area contributed by atoms with Crippen molar-refractivity contribution >= 4 is 11.6 Å². The van der Waals surface area contributed by atoms with Gasteiger partial charge in [-0.1, -0.05) is 35.9 Å². The summed E-state index contributed by atoms with van der Waals surface area (Å²) in [6.45, 7) is 2.42. The number of fused-ring (bicyclic) bond motifs is 1. The number of para-hydroxylation sites is 1. The van der Waals surface area contributed by atoms with E-state index in [1.54, 1.807) is 0 Å². The molecule has 1 heterocycles. The number of hydrogen-bond acceptors (Lipinski definition) is 3. The Balaban J connectivity index is 1.81. The lowest BCUT2D eigenvalue weighted by atomic mass is 9.93. The fourth-order valence-corrected chi connectivity index (χ4v) is 2.78. The van der Waals surface area contributed by atoms with Crippen molar-refractivity contribution in [1.29, 1.82) is 0 Å². The van der Waals surface area contributed by atoms with Crippen molar-refractivity contribution in [3.63, 3.8) is 0 Å². The van der Waals surface area contributed by atoms with Crippen LogP contribution in [0.15, 0.2) is 42.5 Å². The predicted octanol–water partition coefficient (Wildman–Crippen LogP) is 2.96. The Hall–Kier alpha value is -2.33. The van der Waals surface area contributed by atoms with E-state index in [1.807, 2.05) is 43.3 Å². The van der Waals surface area contributed by atoms with Gasteiger partial charge in [-0.05, 0) is 36.6 Å². The van der Waals surface area contributed by atoms with Gasteiger partial charge in [0.1, 0.15) is 12.4 Å². The molecule has 0 fully saturated rings. The molecular weight excluding hydrogens is 276 g/mol. The van der Waals surface area contributed by atoms with Crippen LogP contribution in [-0.2, 0) is 11.2 Å². The summed E-state index contributed by atoms with van der Waals surface area (Å²) in [6, 6.07) is 13.5. The van der Waals surface area contributed by atoms with E-state index in [-0.39, 0.29) is 11.9 Å². The maximum Gasteiger partial charge on any atom is 0.224 e. The van der Waals surface area contributed by atoms with Gasteiger partial charge in [0.2, 0.25) is 5.91 Å². The summed E-state index contributed by atoms with van der Waals surface area (Å²) in [6.07, 6.45) is 1.30. The van der Waals surface area contributed by atoms with Crippen LogP contribution in [0.3, 0.4) is 0 Å². The van der Waals surface area contributed by atoms with E-state index in [2.05, 4.69) is 11.4 Å². The summed E-state index contributed by atoms with van der Waals surface area (Å²) in [4.78, 5) is 11.7.